The fourth-order valence-electron chi connectivity index (χ4n) is 3.38. The largest absolute Gasteiger partial charge is 0.421 e. The topological polar surface area (TPSA) is 66.7 Å². The molecule has 9 heteroatoms. The second kappa shape index (κ2) is 6.98. The number of hydrogen-bond donors (Lipinski definition) is 2. The minimum atomic E-state index is -4.86. The quantitative estimate of drug-likeness (QED) is 0.551. The molecule has 2 N–H and O–H groups in total. The molecule has 0 saturated heterocycles. The van der Waals surface area contributed by atoms with Crippen LogP contribution in [0.25, 0.3) is 5.69 Å². The van der Waals surface area contributed by atoms with Gasteiger partial charge in [-0.15, -0.1) is 0 Å². The highest BCUT2D eigenvalue weighted by atomic mass is 79.9. The lowest BCUT2D eigenvalue weighted by Crippen LogP contribution is -2.44. The number of alkyl halides is 3. The number of nitrogens with zero attached hydrogens (tertiary/aromatic N) is 3. The van der Waals surface area contributed by atoms with Crippen LogP contribution >= 0.6 is 15.9 Å². The lowest BCUT2D eigenvalue weighted by Gasteiger charge is -2.30. The van der Waals surface area contributed by atoms with Gasteiger partial charge in [0.2, 0.25) is 0 Å². The van der Waals surface area contributed by atoms with Crippen LogP contribution in [-0.2, 0) is 18.4 Å². The van der Waals surface area contributed by atoms with E-state index in [4.69, 9.17) is 0 Å². The zero-order valence-corrected chi connectivity index (χ0v) is 17.3. The van der Waals surface area contributed by atoms with Gasteiger partial charge in [-0.1, -0.05) is 19.1 Å². The molecule has 1 atom stereocenters. The van der Waals surface area contributed by atoms with Crippen molar-refractivity contribution in [1.82, 2.24) is 19.7 Å². The molecule has 1 aliphatic carbocycles. The van der Waals surface area contributed by atoms with Gasteiger partial charge in [0.05, 0.1) is 16.4 Å². The molecule has 1 fully saturated rings. The van der Waals surface area contributed by atoms with E-state index in [1.807, 2.05) is 0 Å². The van der Waals surface area contributed by atoms with Crippen LogP contribution in [0.3, 0.4) is 0 Å². The Morgan fingerprint density at radius 2 is 1.90 bits per heavy atom. The molecule has 1 saturated carbocycles. The molecule has 0 radical (unpaired) electrons. The summed E-state index contributed by atoms with van der Waals surface area (Å²) in [5.74, 6) is 0.115. The number of aliphatic hydroxyl groups is 1. The number of aromatic amines is 1. The Hall–Kier alpha value is -2.13. The minimum absolute atomic E-state index is 0.115. The van der Waals surface area contributed by atoms with Gasteiger partial charge in [-0.3, -0.25) is 0 Å². The first-order valence-corrected chi connectivity index (χ1v) is 10.0. The first kappa shape index (κ1) is 20.2. The summed E-state index contributed by atoms with van der Waals surface area (Å²) in [6.07, 6.45) is 2.25. The Labute approximate surface area is 174 Å². The summed E-state index contributed by atoms with van der Waals surface area (Å²) in [4.78, 5) is 7.04. The highest BCUT2D eigenvalue weighted by Crippen LogP contribution is 2.47. The summed E-state index contributed by atoms with van der Waals surface area (Å²) in [5, 5.41) is 14.8. The Morgan fingerprint density at radius 3 is 2.45 bits per heavy atom. The summed E-state index contributed by atoms with van der Waals surface area (Å²) in [6.45, 7) is 2.14. The zero-order valence-electron chi connectivity index (χ0n) is 15.7. The van der Waals surface area contributed by atoms with E-state index in [9.17, 15) is 18.3 Å². The van der Waals surface area contributed by atoms with Crippen LogP contribution < -0.4 is 0 Å². The monoisotopic (exact) mass is 468 g/mol. The van der Waals surface area contributed by atoms with Crippen molar-refractivity contribution < 1.29 is 18.3 Å². The second-order valence-corrected chi connectivity index (χ2v) is 8.94. The first-order valence-electron chi connectivity index (χ1n) is 9.21. The van der Waals surface area contributed by atoms with E-state index in [0.717, 1.165) is 29.4 Å². The van der Waals surface area contributed by atoms with Gasteiger partial charge in [0, 0.05) is 24.5 Å². The number of aromatic nitrogens is 4. The van der Waals surface area contributed by atoms with Crippen LogP contribution in [-0.4, -0.2) is 31.0 Å². The van der Waals surface area contributed by atoms with Crippen molar-refractivity contribution in [2.24, 2.45) is 5.41 Å². The third kappa shape index (κ3) is 4.11. The summed E-state index contributed by atoms with van der Waals surface area (Å²) in [5.41, 5.74) is -1.70. The normalized spacial score (nSPS) is 17.9. The predicted molar refractivity (Wildman–Crippen MR) is 105 cm³/mol. The number of rotatable bonds is 6. The molecule has 1 aliphatic rings. The lowest BCUT2D eigenvalue weighted by molar-refractivity contribution is -0.266. The van der Waals surface area contributed by atoms with Crippen molar-refractivity contribution in [1.29, 1.82) is 0 Å². The maximum Gasteiger partial charge on any atom is 0.421 e. The van der Waals surface area contributed by atoms with Crippen LogP contribution in [0.1, 0.15) is 36.8 Å². The van der Waals surface area contributed by atoms with Crippen molar-refractivity contribution in [3.05, 3.63) is 64.4 Å². The fraction of sp³-hybridized carbons (Fsp3) is 0.400. The van der Waals surface area contributed by atoms with Crippen molar-refractivity contribution in [2.45, 2.75) is 44.4 Å². The first-order chi connectivity index (χ1) is 13.6. The fourth-order valence-corrected chi connectivity index (χ4v) is 3.66. The van der Waals surface area contributed by atoms with Crippen molar-refractivity contribution in [2.75, 3.05) is 0 Å². The Bertz CT molecular complexity index is 1010. The van der Waals surface area contributed by atoms with Crippen LogP contribution in [0.4, 0.5) is 13.2 Å². The van der Waals surface area contributed by atoms with Gasteiger partial charge in [0.15, 0.2) is 5.60 Å². The average molecular weight is 469 g/mol. The summed E-state index contributed by atoms with van der Waals surface area (Å²) in [6, 6.07) is 5.53. The van der Waals surface area contributed by atoms with Crippen LogP contribution in [0, 0.1) is 5.41 Å². The van der Waals surface area contributed by atoms with E-state index in [1.165, 1.54) is 28.9 Å². The molecule has 154 valence electrons. The van der Waals surface area contributed by atoms with E-state index in [-0.39, 0.29) is 16.8 Å². The van der Waals surface area contributed by atoms with Crippen molar-refractivity contribution >= 4 is 15.9 Å². The van der Waals surface area contributed by atoms with Crippen molar-refractivity contribution in [3.8, 4) is 5.69 Å². The molecule has 1 aromatic carbocycles. The highest BCUT2D eigenvalue weighted by Gasteiger charge is 2.55. The van der Waals surface area contributed by atoms with Crippen LogP contribution in [0.15, 0.2) is 47.3 Å². The Kier molecular flexibility index (Phi) is 4.85. The zero-order chi connectivity index (χ0) is 20.9. The molecule has 2 heterocycles. The highest BCUT2D eigenvalue weighted by molar-refractivity contribution is 9.10. The molecule has 0 aliphatic heterocycles. The smallest absolute Gasteiger partial charge is 0.376 e. The average Bonchev–Trinajstić information content (AvgIpc) is 3.03. The maximum atomic E-state index is 13.9. The SMILES string of the molecule is CC1(Cc2cnc(CC(O)(c3ccc(-n4cc(Br)cn4)cc3)C(F)(F)F)[nH]2)CC1. The van der Waals surface area contributed by atoms with E-state index in [2.05, 4.69) is 37.9 Å². The minimum Gasteiger partial charge on any atom is -0.376 e. The molecular formula is C20H20BrF3N4O. The van der Waals surface area contributed by atoms with E-state index >= 15 is 0 Å². The predicted octanol–water partition coefficient (Wildman–Crippen LogP) is 4.69. The van der Waals surface area contributed by atoms with Gasteiger partial charge >= 0.3 is 6.18 Å². The molecule has 29 heavy (non-hydrogen) atoms. The van der Waals surface area contributed by atoms with Gasteiger partial charge in [-0.25, -0.2) is 9.67 Å². The number of hydrogen-bond acceptors (Lipinski definition) is 3. The molecule has 0 amide bonds. The Morgan fingerprint density at radius 1 is 1.21 bits per heavy atom. The maximum absolute atomic E-state index is 13.9. The van der Waals surface area contributed by atoms with Gasteiger partial charge in [-0.05, 0) is 58.3 Å². The summed E-state index contributed by atoms with van der Waals surface area (Å²) < 4.78 is 43.9. The van der Waals surface area contributed by atoms with E-state index in [1.54, 1.807) is 18.6 Å². The standard InChI is InChI=1S/C20H20BrF3N4O/c1-18(6-7-18)8-15-11-25-17(27-15)9-19(29,20(22,23)24)13-2-4-16(5-3-13)28-12-14(21)10-26-28/h2-5,10-12,29H,6-9H2,1H3,(H,25,27). The van der Waals surface area contributed by atoms with Gasteiger partial charge in [-0.2, -0.15) is 18.3 Å². The third-order valence-electron chi connectivity index (χ3n) is 5.45. The molecule has 1 unspecified atom stereocenters. The Balaban J connectivity index is 1.59. The molecule has 4 rings (SSSR count). The van der Waals surface area contributed by atoms with Crippen LogP contribution in [0.5, 0.6) is 0 Å². The molecule has 3 aromatic rings. The van der Waals surface area contributed by atoms with Gasteiger partial charge in [0.1, 0.15) is 5.82 Å². The number of benzene rings is 1. The number of halogens is 4. The number of nitrogens with one attached hydrogen (secondary N) is 1. The number of imidazole rings is 1. The number of H-pyrrole nitrogens is 1. The van der Waals surface area contributed by atoms with Crippen LogP contribution in [0.2, 0.25) is 0 Å². The third-order valence-corrected chi connectivity index (χ3v) is 5.86. The summed E-state index contributed by atoms with van der Waals surface area (Å²) in [7, 11) is 0. The molecule has 0 spiro atoms. The summed E-state index contributed by atoms with van der Waals surface area (Å²) >= 11 is 3.28. The molecule has 5 nitrogen and oxygen atoms in total. The van der Waals surface area contributed by atoms with Crippen molar-refractivity contribution in [3.63, 3.8) is 0 Å². The lowest BCUT2D eigenvalue weighted by atomic mass is 9.89. The van der Waals surface area contributed by atoms with Gasteiger partial charge in [0.25, 0.3) is 0 Å². The van der Waals surface area contributed by atoms with E-state index < -0.39 is 18.2 Å². The molecule has 0 bridgehead atoms. The second-order valence-electron chi connectivity index (χ2n) is 8.03. The molecular weight excluding hydrogens is 449 g/mol. The van der Waals surface area contributed by atoms with E-state index in [0.29, 0.717) is 5.69 Å². The molecule has 2 aromatic heterocycles. The van der Waals surface area contributed by atoms with Gasteiger partial charge < -0.3 is 10.1 Å².